The third-order valence-electron chi connectivity index (χ3n) is 2.62. The molecular formula is C8H15F3N2O. The molecule has 3 N–H and O–H groups in total. The van der Waals surface area contributed by atoms with Crippen LogP contribution in [0, 0.1) is 11.8 Å². The van der Waals surface area contributed by atoms with E-state index in [1.54, 1.807) is 4.90 Å². The lowest BCUT2D eigenvalue weighted by Gasteiger charge is -2.19. The van der Waals surface area contributed by atoms with Crippen molar-refractivity contribution in [3.8, 4) is 0 Å². The Kier molecular flexibility index (Phi) is 3.74. The third kappa shape index (κ3) is 2.59. The second-order valence-corrected chi connectivity index (χ2v) is 3.64. The van der Waals surface area contributed by atoms with E-state index in [-0.39, 0.29) is 13.1 Å². The molecule has 0 aromatic rings. The highest BCUT2D eigenvalue weighted by Crippen LogP contribution is 2.36. The van der Waals surface area contributed by atoms with Crippen LogP contribution in [0.3, 0.4) is 0 Å². The zero-order valence-electron chi connectivity index (χ0n) is 7.80. The second kappa shape index (κ2) is 4.46. The first-order valence-corrected chi connectivity index (χ1v) is 4.59. The highest BCUT2D eigenvalue weighted by Gasteiger charge is 2.48. The number of likely N-dealkylation sites (tertiary alicyclic amines) is 1. The lowest BCUT2D eigenvalue weighted by Crippen LogP contribution is -2.32. The molecule has 3 nitrogen and oxygen atoms in total. The summed E-state index contributed by atoms with van der Waals surface area (Å²) < 4.78 is 37.3. The SMILES string of the molecule is NCCN1CC(CO)C(C(F)(F)F)C1. The molecule has 1 heterocycles. The van der Waals surface area contributed by atoms with Crippen molar-refractivity contribution in [2.24, 2.45) is 17.6 Å². The number of halogens is 3. The van der Waals surface area contributed by atoms with Gasteiger partial charge in [-0.05, 0) is 0 Å². The summed E-state index contributed by atoms with van der Waals surface area (Å²) in [5, 5.41) is 8.83. The predicted molar refractivity (Wildman–Crippen MR) is 45.6 cm³/mol. The molecule has 1 aliphatic rings. The molecule has 0 bridgehead atoms. The highest BCUT2D eigenvalue weighted by atomic mass is 19.4. The molecule has 0 radical (unpaired) electrons. The van der Waals surface area contributed by atoms with Gasteiger partial charge in [-0.2, -0.15) is 13.2 Å². The van der Waals surface area contributed by atoms with E-state index in [2.05, 4.69) is 0 Å². The van der Waals surface area contributed by atoms with Crippen LogP contribution in [0.15, 0.2) is 0 Å². The van der Waals surface area contributed by atoms with Crippen molar-refractivity contribution in [1.82, 2.24) is 4.90 Å². The fourth-order valence-electron chi connectivity index (χ4n) is 1.88. The van der Waals surface area contributed by atoms with Crippen molar-refractivity contribution in [2.75, 3.05) is 32.8 Å². The van der Waals surface area contributed by atoms with E-state index < -0.39 is 24.6 Å². The maximum Gasteiger partial charge on any atom is 0.393 e. The van der Waals surface area contributed by atoms with Crippen LogP contribution in [-0.4, -0.2) is 49.0 Å². The van der Waals surface area contributed by atoms with E-state index in [1.807, 2.05) is 0 Å². The summed E-state index contributed by atoms with van der Waals surface area (Å²) in [7, 11) is 0. The fraction of sp³-hybridized carbons (Fsp3) is 1.00. The minimum atomic E-state index is -4.21. The van der Waals surface area contributed by atoms with Crippen LogP contribution >= 0.6 is 0 Å². The molecule has 0 amide bonds. The number of rotatable bonds is 3. The van der Waals surface area contributed by atoms with Crippen molar-refractivity contribution < 1.29 is 18.3 Å². The van der Waals surface area contributed by atoms with Crippen molar-refractivity contribution in [1.29, 1.82) is 0 Å². The van der Waals surface area contributed by atoms with Crippen LogP contribution in [0.2, 0.25) is 0 Å². The molecular weight excluding hydrogens is 197 g/mol. The molecule has 1 aliphatic heterocycles. The summed E-state index contributed by atoms with van der Waals surface area (Å²) in [4.78, 5) is 1.65. The van der Waals surface area contributed by atoms with Gasteiger partial charge in [-0.15, -0.1) is 0 Å². The Balaban J connectivity index is 2.58. The molecule has 6 heteroatoms. The highest BCUT2D eigenvalue weighted by molar-refractivity contribution is 4.87. The maximum atomic E-state index is 12.4. The average Bonchev–Trinajstić information content (AvgIpc) is 2.47. The van der Waals surface area contributed by atoms with Crippen LogP contribution in [0.5, 0.6) is 0 Å². The van der Waals surface area contributed by atoms with Crippen molar-refractivity contribution in [3.05, 3.63) is 0 Å². The largest absolute Gasteiger partial charge is 0.396 e. The van der Waals surface area contributed by atoms with Gasteiger partial charge in [0.2, 0.25) is 0 Å². The summed E-state index contributed by atoms with van der Waals surface area (Å²) in [5.74, 6) is -2.10. The Labute approximate surface area is 80.7 Å². The molecule has 0 aromatic heterocycles. The van der Waals surface area contributed by atoms with E-state index in [0.717, 1.165) is 0 Å². The first-order chi connectivity index (χ1) is 6.49. The van der Waals surface area contributed by atoms with Gasteiger partial charge in [-0.3, -0.25) is 0 Å². The molecule has 0 spiro atoms. The predicted octanol–water partition coefficient (Wildman–Crippen LogP) is 0.0477. The van der Waals surface area contributed by atoms with Crippen molar-refractivity contribution in [3.63, 3.8) is 0 Å². The van der Waals surface area contributed by atoms with Gasteiger partial charge < -0.3 is 15.7 Å². The Morgan fingerprint density at radius 3 is 2.36 bits per heavy atom. The number of hydrogen-bond donors (Lipinski definition) is 2. The fourth-order valence-corrected chi connectivity index (χ4v) is 1.88. The monoisotopic (exact) mass is 212 g/mol. The minimum Gasteiger partial charge on any atom is -0.396 e. The van der Waals surface area contributed by atoms with Gasteiger partial charge in [-0.25, -0.2) is 0 Å². The molecule has 1 fully saturated rings. The quantitative estimate of drug-likeness (QED) is 0.695. The normalized spacial score (nSPS) is 29.8. The topological polar surface area (TPSA) is 49.5 Å². The number of hydrogen-bond acceptors (Lipinski definition) is 3. The Bertz CT molecular complexity index is 186. The molecule has 84 valence electrons. The van der Waals surface area contributed by atoms with Gasteiger partial charge in [0, 0.05) is 38.7 Å². The Hall–Kier alpha value is -0.330. The number of aliphatic hydroxyl groups is 1. The van der Waals surface area contributed by atoms with E-state index in [4.69, 9.17) is 10.8 Å². The number of nitrogens with two attached hydrogens (primary N) is 1. The molecule has 14 heavy (non-hydrogen) atoms. The molecule has 0 saturated carbocycles. The van der Waals surface area contributed by atoms with Gasteiger partial charge in [0.25, 0.3) is 0 Å². The van der Waals surface area contributed by atoms with Gasteiger partial charge in [0.1, 0.15) is 0 Å². The second-order valence-electron chi connectivity index (χ2n) is 3.64. The van der Waals surface area contributed by atoms with Crippen LogP contribution in [-0.2, 0) is 0 Å². The van der Waals surface area contributed by atoms with Crippen LogP contribution in [0.4, 0.5) is 13.2 Å². The summed E-state index contributed by atoms with van der Waals surface area (Å²) in [6.07, 6.45) is -4.21. The van der Waals surface area contributed by atoms with E-state index in [9.17, 15) is 13.2 Å². The van der Waals surface area contributed by atoms with Crippen molar-refractivity contribution in [2.45, 2.75) is 6.18 Å². The molecule has 0 aromatic carbocycles. The zero-order valence-corrected chi connectivity index (χ0v) is 7.80. The van der Waals surface area contributed by atoms with Gasteiger partial charge in [-0.1, -0.05) is 0 Å². The molecule has 2 atom stereocenters. The Morgan fingerprint density at radius 2 is 2.00 bits per heavy atom. The summed E-state index contributed by atoms with van der Waals surface area (Å²) in [5.41, 5.74) is 5.26. The maximum absolute atomic E-state index is 12.4. The number of aliphatic hydroxyl groups excluding tert-OH is 1. The van der Waals surface area contributed by atoms with E-state index in [1.165, 1.54) is 0 Å². The van der Waals surface area contributed by atoms with E-state index >= 15 is 0 Å². The first kappa shape index (κ1) is 11.7. The third-order valence-corrected chi connectivity index (χ3v) is 2.62. The lowest BCUT2D eigenvalue weighted by atomic mass is 9.97. The van der Waals surface area contributed by atoms with Crippen LogP contribution in [0.1, 0.15) is 0 Å². The minimum absolute atomic E-state index is 0.0358. The van der Waals surface area contributed by atoms with Gasteiger partial charge >= 0.3 is 6.18 Å². The zero-order chi connectivity index (χ0) is 10.8. The lowest BCUT2D eigenvalue weighted by molar-refractivity contribution is -0.183. The Morgan fingerprint density at radius 1 is 1.36 bits per heavy atom. The van der Waals surface area contributed by atoms with Gasteiger partial charge in [0.15, 0.2) is 0 Å². The standard InChI is InChI=1S/C8H15F3N2O/c9-8(10,11)7-4-13(2-1-12)3-6(7)5-14/h6-7,14H,1-5,12H2. The molecule has 1 rings (SSSR count). The summed E-state index contributed by atoms with van der Waals surface area (Å²) >= 11 is 0. The average molecular weight is 212 g/mol. The number of alkyl halides is 3. The van der Waals surface area contributed by atoms with Gasteiger partial charge in [0.05, 0.1) is 5.92 Å². The smallest absolute Gasteiger partial charge is 0.393 e. The van der Waals surface area contributed by atoms with E-state index in [0.29, 0.717) is 13.1 Å². The summed E-state index contributed by atoms with van der Waals surface area (Å²) in [6, 6.07) is 0. The molecule has 2 unspecified atom stereocenters. The van der Waals surface area contributed by atoms with Crippen LogP contribution < -0.4 is 5.73 Å². The number of nitrogens with zero attached hydrogens (tertiary/aromatic N) is 1. The molecule has 0 aliphatic carbocycles. The summed E-state index contributed by atoms with van der Waals surface area (Å²) in [6.45, 7) is 0.654. The first-order valence-electron chi connectivity index (χ1n) is 4.59. The molecule has 1 saturated heterocycles. The van der Waals surface area contributed by atoms with Crippen LogP contribution in [0.25, 0.3) is 0 Å². The van der Waals surface area contributed by atoms with Crippen molar-refractivity contribution >= 4 is 0 Å².